The van der Waals surface area contributed by atoms with Gasteiger partial charge < -0.3 is 14.6 Å². The first-order valence-corrected chi connectivity index (χ1v) is 4.38. The van der Waals surface area contributed by atoms with Crippen LogP contribution < -0.4 is 9.47 Å². The zero-order valence-corrected chi connectivity index (χ0v) is 8.96. The molecule has 1 aromatic carbocycles. The first kappa shape index (κ1) is 13.1. The predicted molar refractivity (Wildman–Crippen MR) is 51.0 cm³/mol. The Balaban J connectivity index is 3.58. The van der Waals surface area contributed by atoms with E-state index >= 15 is 0 Å². The number of carbonyl (C=O) groups is 1. The Morgan fingerprint density at radius 1 is 1.29 bits per heavy atom. The van der Waals surface area contributed by atoms with E-state index in [0.29, 0.717) is 0 Å². The molecule has 1 aromatic rings. The van der Waals surface area contributed by atoms with Gasteiger partial charge in [0.25, 0.3) is 0 Å². The monoisotopic (exact) mass is 250 g/mol. The number of aliphatic carboxylic acids is 1. The first-order valence-electron chi connectivity index (χ1n) is 4.38. The summed E-state index contributed by atoms with van der Waals surface area (Å²) in [7, 11) is 2.02. The molecule has 0 saturated carbocycles. The molecule has 0 saturated heterocycles. The molecule has 0 aliphatic heterocycles. The zero-order valence-electron chi connectivity index (χ0n) is 8.96. The minimum atomic E-state index is -4.31. The number of methoxy groups -OCH3 is 2. The van der Waals surface area contributed by atoms with E-state index in [2.05, 4.69) is 9.47 Å². The van der Waals surface area contributed by atoms with E-state index in [-0.39, 0.29) is 0 Å². The van der Waals surface area contributed by atoms with E-state index in [1.165, 1.54) is 0 Å². The van der Waals surface area contributed by atoms with E-state index in [1.807, 2.05) is 0 Å². The van der Waals surface area contributed by atoms with E-state index in [4.69, 9.17) is 5.11 Å². The van der Waals surface area contributed by atoms with Gasteiger partial charge in [0.05, 0.1) is 14.2 Å². The van der Waals surface area contributed by atoms with Crippen molar-refractivity contribution in [2.75, 3.05) is 14.2 Å². The maximum absolute atomic E-state index is 13.4. The zero-order chi connectivity index (χ0) is 13.2. The van der Waals surface area contributed by atoms with E-state index in [0.717, 1.165) is 26.4 Å². The van der Waals surface area contributed by atoms with Crippen LogP contribution in [0.4, 0.5) is 13.2 Å². The summed E-state index contributed by atoms with van der Waals surface area (Å²) in [6, 6.07) is 1.75. The van der Waals surface area contributed by atoms with Gasteiger partial charge in [-0.05, 0) is 12.1 Å². The Hall–Kier alpha value is -1.92. The second-order valence-electron chi connectivity index (χ2n) is 3.04. The number of hydrogen-bond acceptors (Lipinski definition) is 3. The molecule has 0 heterocycles. The summed E-state index contributed by atoms with van der Waals surface area (Å²) < 4.78 is 49.2. The van der Waals surface area contributed by atoms with Gasteiger partial charge in [0.2, 0.25) is 0 Å². The Kier molecular flexibility index (Phi) is 3.50. The molecule has 17 heavy (non-hydrogen) atoms. The number of carboxylic acids is 1. The molecule has 0 aliphatic carbocycles. The molecule has 0 aliphatic rings. The van der Waals surface area contributed by atoms with Gasteiger partial charge in [-0.15, -0.1) is 0 Å². The highest BCUT2D eigenvalue weighted by atomic mass is 19.3. The van der Waals surface area contributed by atoms with Crippen molar-refractivity contribution in [1.82, 2.24) is 0 Å². The lowest BCUT2D eigenvalue weighted by molar-refractivity contribution is -0.166. The summed E-state index contributed by atoms with van der Waals surface area (Å²) in [4.78, 5) is 10.5. The number of benzene rings is 1. The second kappa shape index (κ2) is 4.52. The van der Waals surface area contributed by atoms with Crippen molar-refractivity contribution in [2.45, 2.75) is 5.92 Å². The van der Waals surface area contributed by atoms with Gasteiger partial charge in [-0.3, -0.25) is 0 Å². The third-order valence-corrected chi connectivity index (χ3v) is 2.08. The smallest absolute Gasteiger partial charge is 0.379 e. The van der Waals surface area contributed by atoms with Crippen LogP contribution in [0.5, 0.6) is 11.5 Å². The fourth-order valence-electron chi connectivity index (χ4n) is 1.31. The molecule has 0 bridgehead atoms. The molecular weight excluding hydrogens is 241 g/mol. The molecule has 0 unspecified atom stereocenters. The minimum Gasteiger partial charge on any atom is -0.496 e. The van der Waals surface area contributed by atoms with Crippen molar-refractivity contribution in [2.24, 2.45) is 0 Å². The lowest BCUT2D eigenvalue weighted by atomic mass is 10.1. The Morgan fingerprint density at radius 2 is 1.88 bits per heavy atom. The maximum atomic E-state index is 13.4. The first-order chi connectivity index (χ1) is 7.86. The number of alkyl halides is 2. The number of rotatable bonds is 4. The van der Waals surface area contributed by atoms with Crippen molar-refractivity contribution < 1.29 is 32.5 Å². The molecule has 4 nitrogen and oxygen atoms in total. The average molecular weight is 250 g/mol. The maximum Gasteiger partial charge on any atom is 0.379 e. The van der Waals surface area contributed by atoms with E-state index in [1.54, 1.807) is 0 Å². The molecule has 0 fully saturated rings. The third kappa shape index (κ3) is 2.13. The summed E-state index contributed by atoms with van der Waals surface area (Å²) in [6.45, 7) is 0. The Morgan fingerprint density at radius 3 is 2.29 bits per heavy atom. The fraction of sp³-hybridized carbons (Fsp3) is 0.300. The van der Waals surface area contributed by atoms with Crippen LogP contribution in [0.15, 0.2) is 12.1 Å². The Bertz CT molecular complexity index is 445. The van der Waals surface area contributed by atoms with Gasteiger partial charge in [-0.1, -0.05) is 0 Å². The van der Waals surface area contributed by atoms with Gasteiger partial charge >= 0.3 is 11.9 Å². The van der Waals surface area contributed by atoms with Crippen molar-refractivity contribution in [3.8, 4) is 11.5 Å². The van der Waals surface area contributed by atoms with Crippen LogP contribution in [-0.2, 0) is 10.7 Å². The van der Waals surface area contributed by atoms with Gasteiger partial charge in [-0.2, -0.15) is 8.78 Å². The number of hydrogen-bond donors (Lipinski definition) is 1. The summed E-state index contributed by atoms with van der Waals surface area (Å²) >= 11 is 0. The summed E-state index contributed by atoms with van der Waals surface area (Å²) in [6.07, 6.45) is 0. The molecule has 0 aromatic heterocycles. The van der Waals surface area contributed by atoms with Crippen molar-refractivity contribution in [1.29, 1.82) is 0 Å². The molecule has 0 amide bonds. The van der Waals surface area contributed by atoms with Crippen LogP contribution in [0.1, 0.15) is 5.56 Å². The SMILES string of the molecule is COc1ccc(F)c(OC)c1C(F)(F)C(=O)O. The molecule has 1 rings (SSSR count). The highest BCUT2D eigenvalue weighted by Gasteiger charge is 2.47. The van der Waals surface area contributed by atoms with Crippen molar-refractivity contribution >= 4 is 5.97 Å². The number of carboxylic acid groups (broad SMARTS) is 1. The quantitative estimate of drug-likeness (QED) is 0.888. The van der Waals surface area contributed by atoms with Crippen LogP contribution in [0.25, 0.3) is 0 Å². The topological polar surface area (TPSA) is 55.8 Å². The number of ether oxygens (including phenoxy) is 2. The van der Waals surface area contributed by atoms with Crippen LogP contribution in [-0.4, -0.2) is 25.3 Å². The Labute approximate surface area is 94.6 Å². The second-order valence-corrected chi connectivity index (χ2v) is 3.04. The fourth-order valence-corrected chi connectivity index (χ4v) is 1.31. The van der Waals surface area contributed by atoms with Gasteiger partial charge in [-0.25, -0.2) is 9.18 Å². The summed E-state index contributed by atoms with van der Waals surface area (Å²) in [5.74, 6) is -9.13. The molecule has 7 heteroatoms. The molecule has 0 spiro atoms. The lowest BCUT2D eigenvalue weighted by Gasteiger charge is -2.18. The molecule has 0 atom stereocenters. The average Bonchev–Trinajstić information content (AvgIpc) is 2.28. The third-order valence-electron chi connectivity index (χ3n) is 2.08. The molecule has 0 radical (unpaired) electrons. The van der Waals surface area contributed by atoms with Crippen molar-refractivity contribution in [3.63, 3.8) is 0 Å². The normalized spacial score (nSPS) is 11.1. The van der Waals surface area contributed by atoms with E-state index in [9.17, 15) is 18.0 Å². The molecule has 94 valence electrons. The van der Waals surface area contributed by atoms with Gasteiger partial charge in [0.15, 0.2) is 11.6 Å². The van der Waals surface area contributed by atoms with E-state index < -0.39 is 34.8 Å². The summed E-state index contributed by atoms with van der Waals surface area (Å²) in [5.41, 5.74) is -1.14. The van der Waals surface area contributed by atoms with Crippen LogP contribution >= 0.6 is 0 Å². The van der Waals surface area contributed by atoms with Crippen LogP contribution in [0.3, 0.4) is 0 Å². The van der Waals surface area contributed by atoms with Crippen molar-refractivity contribution in [3.05, 3.63) is 23.5 Å². The minimum absolute atomic E-state index is 0.462. The predicted octanol–water partition coefficient (Wildman–Crippen LogP) is 2.02. The standard InChI is InChI=1S/C10H9F3O4/c1-16-6-4-3-5(11)8(17-2)7(6)10(12,13)9(14)15/h3-4H,1-2H3,(H,14,15). The van der Waals surface area contributed by atoms with Gasteiger partial charge in [0.1, 0.15) is 11.3 Å². The highest BCUT2D eigenvalue weighted by molar-refractivity contribution is 5.80. The highest BCUT2D eigenvalue weighted by Crippen LogP contribution is 2.42. The van der Waals surface area contributed by atoms with Gasteiger partial charge in [0, 0.05) is 0 Å². The molecular formula is C10H9F3O4. The summed E-state index contributed by atoms with van der Waals surface area (Å²) in [5, 5.41) is 8.44. The molecule has 1 N–H and O–H groups in total. The van der Waals surface area contributed by atoms with Crippen LogP contribution in [0, 0.1) is 5.82 Å². The number of halogens is 3. The largest absolute Gasteiger partial charge is 0.496 e. The lowest BCUT2D eigenvalue weighted by Crippen LogP contribution is -2.27. The van der Waals surface area contributed by atoms with Crippen LogP contribution in [0.2, 0.25) is 0 Å².